The molecule has 2 bridgehead atoms. The van der Waals surface area contributed by atoms with Gasteiger partial charge in [0, 0.05) is 18.0 Å². The molecule has 0 radical (unpaired) electrons. The quantitative estimate of drug-likeness (QED) is 0.263. The van der Waals surface area contributed by atoms with Gasteiger partial charge in [0.25, 0.3) is 0 Å². The number of likely N-dealkylation sites (tertiary alicyclic amines) is 1. The van der Waals surface area contributed by atoms with Gasteiger partial charge >= 0.3 is 24.2 Å². The Morgan fingerprint density at radius 2 is 1.70 bits per heavy atom. The minimum atomic E-state index is -1.34. The Labute approximate surface area is 268 Å². The molecule has 2 aliphatic heterocycles. The van der Waals surface area contributed by atoms with Crippen LogP contribution in [0.15, 0.2) is 24.0 Å². The highest BCUT2D eigenvalue weighted by Gasteiger charge is 2.72. The van der Waals surface area contributed by atoms with Crippen LogP contribution in [-0.4, -0.2) is 88.9 Å². The number of nitrogens with zero attached hydrogens (tertiary/aromatic N) is 1. The summed E-state index contributed by atoms with van der Waals surface area (Å²) in [6, 6.07) is 2.18. The highest BCUT2D eigenvalue weighted by molar-refractivity contribution is 5.84. The standard InChI is InChI=1S/C33H44N2O11/c1-17(34-28(38)45-30(3,4)5)26(36)41-18(2)27(37)42-21-12-13-33(40)22-16-19-10-11-20(43-29(39)46-31(6,7)8)24-23(19)32(33,25(21)44-24)14-15-35(22)9/h10-12,17-18,22,25,40H,13-16H2,1-9H3,(H,34,38). The third-order valence-corrected chi connectivity index (χ3v) is 8.85. The highest BCUT2D eigenvalue weighted by atomic mass is 16.7. The summed E-state index contributed by atoms with van der Waals surface area (Å²) < 4.78 is 33.8. The average molecular weight is 645 g/mol. The number of esters is 2. The van der Waals surface area contributed by atoms with Gasteiger partial charge in [-0.3, -0.25) is 0 Å². The second-order valence-corrected chi connectivity index (χ2v) is 14.5. The van der Waals surface area contributed by atoms with Crippen molar-refractivity contribution in [3.05, 3.63) is 35.1 Å². The van der Waals surface area contributed by atoms with Crippen molar-refractivity contribution in [2.45, 2.75) is 121 Å². The molecule has 1 amide bonds. The number of piperidine rings is 1. The molecule has 6 unspecified atom stereocenters. The third kappa shape index (κ3) is 5.90. The Morgan fingerprint density at radius 1 is 1.02 bits per heavy atom. The maximum absolute atomic E-state index is 13.3. The minimum absolute atomic E-state index is 0.135. The summed E-state index contributed by atoms with van der Waals surface area (Å²) in [7, 11) is 1.97. The van der Waals surface area contributed by atoms with Crippen LogP contribution >= 0.6 is 0 Å². The number of ether oxygens (including phenoxy) is 6. The summed E-state index contributed by atoms with van der Waals surface area (Å²) in [5, 5.41) is 14.8. The van der Waals surface area contributed by atoms with Gasteiger partial charge < -0.3 is 43.7 Å². The molecular weight excluding hydrogens is 600 g/mol. The van der Waals surface area contributed by atoms with Crippen molar-refractivity contribution >= 4 is 24.2 Å². The first-order chi connectivity index (χ1) is 21.3. The van der Waals surface area contributed by atoms with E-state index in [-0.39, 0.29) is 24.0 Å². The lowest BCUT2D eigenvalue weighted by atomic mass is 9.50. The van der Waals surface area contributed by atoms with Gasteiger partial charge in [0.2, 0.25) is 0 Å². The van der Waals surface area contributed by atoms with Gasteiger partial charge in [-0.05, 0) is 99.5 Å². The van der Waals surface area contributed by atoms with Gasteiger partial charge in [-0.15, -0.1) is 0 Å². The van der Waals surface area contributed by atoms with E-state index < -0.39 is 64.7 Å². The van der Waals surface area contributed by atoms with Crippen molar-refractivity contribution in [2.24, 2.45) is 0 Å². The molecule has 1 saturated heterocycles. The van der Waals surface area contributed by atoms with Crippen LogP contribution in [0, 0.1) is 0 Å². The number of nitrogens with one attached hydrogen (secondary N) is 1. The van der Waals surface area contributed by atoms with Crippen molar-refractivity contribution in [3.63, 3.8) is 0 Å². The van der Waals surface area contributed by atoms with Crippen molar-refractivity contribution in [1.82, 2.24) is 10.2 Å². The summed E-state index contributed by atoms with van der Waals surface area (Å²) in [4.78, 5) is 52.8. The molecule has 0 aromatic heterocycles. The molecule has 0 saturated carbocycles. The Kier molecular flexibility index (Phi) is 8.34. The van der Waals surface area contributed by atoms with Crippen molar-refractivity contribution < 1.29 is 52.7 Å². The maximum atomic E-state index is 13.3. The lowest BCUT2D eigenvalue weighted by molar-refractivity contribution is -0.175. The smallest absolute Gasteiger partial charge is 0.477 e. The number of carbonyl (C=O) groups excluding carboxylic acids is 4. The molecule has 13 nitrogen and oxygen atoms in total. The van der Waals surface area contributed by atoms with E-state index in [1.54, 1.807) is 53.7 Å². The fraction of sp³-hybridized carbons (Fsp3) is 0.636. The van der Waals surface area contributed by atoms with Crippen LogP contribution in [-0.2, 0) is 40.4 Å². The van der Waals surface area contributed by atoms with Gasteiger partial charge in [-0.2, -0.15) is 0 Å². The van der Waals surface area contributed by atoms with Crippen LogP contribution < -0.4 is 14.8 Å². The van der Waals surface area contributed by atoms with E-state index in [2.05, 4.69) is 10.2 Å². The second-order valence-electron chi connectivity index (χ2n) is 14.5. The number of alkyl carbamates (subject to hydrolysis) is 1. The largest absolute Gasteiger partial charge is 0.514 e. The molecule has 2 aliphatic carbocycles. The van der Waals surface area contributed by atoms with Crippen LogP contribution in [0.3, 0.4) is 0 Å². The van der Waals surface area contributed by atoms with E-state index in [0.717, 1.165) is 11.1 Å². The van der Waals surface area contributed by atoms with Gasteiger partial charge in [-0.25, -0.2) is 19.2 Å². The first-order valence-corrected chi connectivity index (χ1v) is 15.5. The lowest BCUT2D eigenvalue weighted by Gasteiger charge is -2.61. The van der Waals surface area contributed by atoms with E-state index in [4.69, 9.17) is 28.4 Å². The predicted octanol–water partition coefficient (Wildman–Crippen LogP) is 3.67. The van der Waals surface area contributed by atoms with Crippen LogP contribution in [0.1, 0.15) is 79.4 Å². The second kappa shape index (κ2) is 11.4. The number of likely N-dealkylation sites (N-methyl/N-ethyl adjacent to an activating group) is 1. The lowest BCUT2D eigenvalue weighted by Crippen LogP contribution is -2.74. The Bertz CT molecular complexity index is 1470. The molecule has 252 valence electrons. The number of rotatable bonds is 6. The molecule has 13 heteroatoms. The fourth-order valence-electron chi connectivity index (χ4n) is 6.93. The Balaban J connectivity index is 1.38. The first-order valence-electron chi connectivity index (χ1n) is 15.5. The number of carbonyl (C=O) groups is 4. The van der Waals surface area contributed by atoms with E-state index in [1.807, 2.05) is 13.1 Å². The van der Waals surface area contributed by atoms with E-state index in [9.17, 15) is 24.3 Å². The van der Waals surface area contributed by atoms with Gasteiger partial charge in [0.15, 0.2) is 23.7 Å². The third-order valence-electron chi connectivity index (χ3n) is 8.85. The molecule has 6 atom stereocenters. The first kappa shape index (κ1) is 33.5. The highest BCUT2D eigenvalue weighted by Crippen LogP contribution is 2.65. The summed E-state index contributed by atoms with van der Waals surface area (Å²) in [5.41, 5.74) is -2.15. The van der Waals surface area contributed by atoms with Gasteiger partial charge in [-0.1, -0.05) is 6.07 Å². The van der Waals surface area contributed by atoms with Gasteiger partial charge in [0.05, 0.1) is 11.0 Å². The van der Waals surface area contributed by atoms with Crippen LogP contribution in [0.5, 0.6) is 11.5 Å². The summed E-state index contributed by atoms with van der Waals surface area (Å²) in [5.74, 6) is -1.13. The molecule has 1 aromatic rings. The monoisotopic (exact) mass is 644 g/mol. The van der Waals surface area contributed by atoms with E-state index in [0.29, 0.717) is 25.1 Å². The Hall–Kier alpha value is -3.84. The molecule has 1 fully saturated rings. The fourth-order valence-corrected chi connectivity index (χ4v) is 6.93. The van der Waals surface area contributed by atoms with Crippen LogP contribution in [0.25, 0.3) is 0 Å². The molecule has 2 heterocycles. The number of aliphatic hydroxyl groups is 1. The minimum Gasteiger partial charge on any atom is -0.477 e. The topological polar surface area (TPSA) is 159 Å². The number of benzene rings is 1. The molecule has 46 heavy (non-hydrogen) atoms. The normalized spacial score (nSPS) is 27.6. The SMILES string of the molecule is CC(NC(=O)OC(C)(C)C)C(=O)OC(C)C(=O)OC1=CCC2(O)C3Cc4ccc(OC(=O)OC(C)(C)C)c5c4C2(CCN3C)C1O5. The zero-order chi connectivity index (χ0) is 34.0. The van der Waals surface area contributed by atoms with Gasteiger partial charge in [0.1, 0.15) is 23.0 Å². The van der Waals surface area contributed by atoms with Crippen molar-refractivity contribution in [1.29, 1.82) is 0 Å². The van der Waals surface area contributed by atoms with Crippen LogP contribution in [0.2, 0.25) is 0 Å². The van der Waals surface area contributed by atoms with Crippen LogP contribution in [0.4, 0.5) is 9.59 Å². The molecule has 4 aliphatic rings. The average Bonchev–Trinajstić information content (AvgIpc) is 3.27. The Morgan fingerprint density at radius 3 is 2.35 bits per heavy atom. The van der Waals surface area contributed by atoms with E-state index in [1.165, 1.54) is 13.8 Å². The molecule has 1 aromatic carbocycles. The molecule has 1 spiro atoms. The summed E-state index contributed by atoms with van der Waals surface area (Å²) >= 11 is 0. The van der Waals surface area contributed by atoms with Crippen molar-refractivity contribution in [2.75, 3.05) is 13.6 Å². The molecule has 2 N–H and O–H groups in total. The number of hydrogen-bond donors (Lipinski definition) is 2. The molecular formula is C33H44N2O11. The zero-order valence-corrected chi connectivity index (χ0v) is 27.8. The van der Waals surface area contributed by atoms with E-state index >= 15 is 0 Å². The summed E-state index contributed by atoms with van der Waals surface area (Å²) in [6.07, 6.45) is -1.14. The van der Waals surface area contributed by atoms with Crippen molar-refractivity contribution in [3.8, 4) is 11.5 Å². The predicted molar refractivity (Wildman–Crippen MR) is 162 cm³/mol. The zero-order valence-electron chi connectivity index (χ0n) is 27.8. The molecule has 5 rings (SSSR count). The number of hydrogen-bond acceptors (Lipinski definition) is 12. The summed E-state index contributed by atoms with van der Waals surface area (Å²) in [6.45, 7) is 13.7. The maximum Gasteiger partial charge on any atom is 0.514 e. The number of amides is 1.